The summed E-state index contributed by atoms with van der Waals surface area (Å²) in [7, 11) is 0. The summed E-state index contributed by atoms with van der Waals surface area (Å²) in [6.07, 6.45) is 9.31. The second kappa shape index (κ2) is 5.85. The van der Waals surface area contributed by atoms with Gasteiger partial charge < -0.3 is 5.32 Å². The Kier molecular flexibility index (Phi) is 3.68. The van der Waals surface area contributed by atoms with E-state index < -0.39 is 0 Å². The SMILES string of the molecule is Cc1c(C(=O)NC23CC4CC(CC(C4)C2)C3)cnn1-c1ccc(Cl)cc1. The van der Waals surface area contributed by atoms with Crippen LogP contribution in [0.3, 0.4) is 0 Å². The van der Waals surface area contributed by atoms with E-state index in [0.29, 0.717) is 10.6 Å². The highest BCUT2D eigenvalue weighted by molar-refractivity contribution is 6.30. The molecular formula is C21H24ClN3O. The molecule has 1 N–H and O–H groups in total. The predicted molar refractivity (Wildman–Crippen MR) is 102 cm³/mol. The van der Waals surface area contributed by atoms with Gasteiger partial charge in [-0.25, -0.2) is 4.68 Å². The molecule has 4 aliphatic carbocycles. The lowest BCUT2D eigenvalue weighted by Crippen LogP contribution is -2.59. The Morgan fingerprint density at radius 1 is 1.12 bits per heavy atom. The van der Waals surface area contributed by atoms with Crippen molar-refractivity contribution >= 4 is 17.5 Å². The van der Waals surface area contributed by atoms with E-state index in [2.05, 4.69) is 10.4 Å². The molecule has 4 bridgehead atoms. The van der Waals surface area contributed by atoms with Crippen LogP contribution < -0.4 is 5.32 Å². The normalized spacial score (nSPS) is 32.0. The molecule has 0 unspecified atom stereocenters. The quantitative estimate of drug-likeness (QED) is 0.863. The molecule has 0 atom stereocenters. The number of aromatic nitrogens is 2. The van der Waals surface area contributed by atoms with Gasteiger partial charge in [-0.1, -0.05) is 11.6 Å². The predicted octanol–water partition coefficient (Wildman–Crippen LogP) is 4.53. The van der Waals surface area contributed by atoms with Gasteiger partial charge in [-0.05, 0) is 87.5 Å². The average Bonchev–Trinajstić information content (AvgIpc) is 2.95. The maximum absolute atomic E-state index is 13.1. The molecule has 4 nitrogen and oxygen atoms in total. The number of nitrogens with one attached hydrogen (secondary N) is 1. The average molecular weight is 370 g/mol. The number of hydrogen-bond donors (Lipinski definition) is 1. The maximum atomic E-state index is 13.1. The van der Waals surface area contributed by atoms with Gasteiger partial charge in [-0.15, -0.1) is 0 Å². The van der Waals surface area contributed by atoms with E-state index in [-0.39, 0.29) is 11.4 Å². The van der Waals surface area contributed by atoms with Gasteiger partial charge >= 0.3 is 0 Å². The number of carbonyl (C=O) groups is 1. The number of carbonyl (C=O) groups excluding carboxylic acids is 1. The third-order valence-electron chi connectivity index (χ3n) is 6.74. The third-order valence-corrected chi connectivity index (χ3v) is 6.99. The first-order valence-corrected chi connectivity index (χ1v) is 10.0. The summed E-state index contributed by atoms with van der Waals surface area (Å²) in [6.45, 7) is 1.95. The monoisotopic (exact) mass is 369 g/mol. The second-order valence-electron chi connectivity index (χ2n) is 8.68. The van der Waals surface area contributed by atoms with E-state index in [9.17, 15) is 4.79 Å². The topological polar surface area (TPSA) is 46.9 Å². The van der Waals surface area contributed by atoms with Crippen LogP contribution in [0.5, 0.6) is 0 Å². The van der Waals surface area contributed by atoms with Crippen molar-refractivity contribution in [3.05, 3.63) is 46.7 Å². The molecule has 6 rings (SSSR count). The molecule has 4 fully saturated rings. The van der Waals surface area contributed by atoms with E-state index in [1.54, 1.807) is 6.20 Å². The first-order chi connectivity index (χ1) is 12.5. The van der Waals surface area contributed by atoms with Crippen molar-refractivity contribution in [2.24, 2.45) is 17.8 Å². The van der Waals surface area contributed by atoms with Crippen LogP contribution in [0.2, 0.25) is 5.02 Å². The molecular weight excluding hydrogens is 346 g/mol. The zero-order valence-corrected chi connectivity index (χ0v) is 15.8. The van der Waals surface area contributed by atoms with Crippen molar-refractivity contribution in [3.8, 4) is 5.69 Å². The Morgan fingerprint density at radius 2 is 1.69 bits per heavy atom. The molecule has 2 aromatic rings. The highest BCUT2D eigenvalue weighted by Crippen LogP contribution is 2.55. The maximum Gasteiger partial charge on any atom is 0.255 e. The number of benzene rings is 1. The fourth-order valence-electron chi connectivity index (χ4n) is 6.05. The molecule has 26 heavy (non-hydrogen) atoms. The summed E-state index contributed by atoms with van der Waals surface area (Å²) >= 11 is 5.97. The van der Waals surface area contributed by atoms with Gasteiger partial charge in [0.05, 0.1) is 23.1 Å². The van der Waals surface area contributed by atoms with E-state index in [0.717, 1.165) is 48.4 Å². The molecule has 4 saturated carbocycles. The van der Waals surface area contributed by atoms with Crippen molar-refractivity contribution < 1.29 is 4.79 Å². The molecule has 0 radical (unpaired) electrons. The molecule has 0 saturated heterocycles. The minimum Gasteiger partial charge on any atom is -0.346 e. The van der Waals surface area contributed by atoms with Gasteiger partial charge in [0.1, 0.15) is 0 Å². The summed E-state index contributed by atoms with van der Waals surface area (Å²) in [5, 5.41) is 8.58. The van der Waals surface area contributed by atoms with Crippen LogP contribution in [-0.2, 0) is 0 Å². The van der Waals surface area contributed by atoms with Crippen molar-refractivity contribution in [3.63, 3.8) is 0 Å². The van der Waals surface area contributed by atoms with Crippen LogP contribution in [0.4, 0.5) is 0 Å². The van der Waals surface area contributed by atoms with Gasteiger partial charge in [0.15, 0.2) is 0 Å². The van der Waals surface area contributed by atoms with Gasteiger partial charge in [-0.2, -0.15) is 5.10 Å². The van der Waals surface area contributed by atoms with Crippen molar-refractivity contribution in [2.45, 2.75) is 51.0 Å². The molecule has 1 aromatic heterocycles. The molecule has 4 aliphatic rings. The van der Waals surface area contributed by atoms with E-state index >= 15 is 0 Å². The molecule has 5 heteroatoms. The van der Waals surface area contributed by atoms with E-state index in [1.165, 1.54) is 19.3 Å². The summed E-state index contributed by atoms with van der Waals surface area (Å²) in [6, 6.07) is 7.52. The van der Waals surface area contributed by atoms with E-state index in [1.807, 2.05) is 35.9 Å². The third kappa shape index (κ3) is 2.66. The van der Waals surface area contributed by atoms with Crippen LogP contribution in [0.1, 0.15) is 54.6 Å². The summed E-state index contributed by atoms with van der Waals surface area (Å²) < 4.78 is 1.81. The number of nitrogens with zero attached hydrogens (tertiary/aromatic N) is 2. The fourth-order valence-corrected chi connectivity index (χ4v) is 6.17. The molecule has 0 aliphatic heterocycles. The molecule has 136 valence electrons. The zero-order chi connectivity index (χ0) is 17.9. The van der Waals surface area contributed by atoms with Crippen LogP contribution in [0.25, 0.3) is 5.69 Å². The lowest BCUT2D eigenvalue weighted by Gasteiger charge is -2.56. The highest BCUT2D eigenvalue weighted by atomic mass is 35.5. The van der Waals surface area contributed by atoms with Gasteiger partial charge in [-0.3, -0.25) is 4.79 Å². The van der Waals surface area contributed by atoms with Gasteiger partial charge in [0.25, 0.3) is 5.91 Å². The largest absolute Gasteiger partial charge is 0.346 e. The van der Waals surface area contributed by atoms with Gasteiger partial charge in [0.2, 0.25) is 0 Å². The van der Waals surface area contributed by atoms with Crippen LogP contribution in [0, 0.1) is 24.7 Å². The Hall–Kier alpha value is -1.81. The first kappa shape index (κ1) is 16.4. The highest BCUT2D eigenvalue weighted by Gasteiger charge is 2.51. The zero-order valence-electron chi connectivity index (χ0n) is 15.0. The van der Waals surface area contributed by atoms with Crippen LogP contribution in [0.15, 0.2) is 30.5 Å². The second-order valence-corrected chi connectivity index (χ2v) is 9.12. The number of rotatable bonds is 3. The smallest absolute Gasteiger partial charge is 0.255 e. The Bertz CT molecular complexity index is 819. The molecule has 1 heterocycles. The Morgan fingerprint density at radius 3 is 2.27 bits per heavy atom. The fraction of sp³-hybridized carbons (Fsp3) is 0.524. The van der Waals surface area contributed by atoms with E-state index in [4.69, 9.17) is 11.6 Å². The summed E-state index contributed by atoms with van der Waals surface area (Å²) in [4.78, 5) is 13.1. The minimum atomic E-state index is 0.0284. The first-order valence-electron chi connectivity index (χ1n) is 9.64. The summed E-state index contributed by atoms with van der Waals surface area (Å²) in [5.41, 5.74) is 2.49. The Balaban J connectivity index is 1.39. The van der Waals surface area contributed by atoms with Crippen LogP contribution >= 0.6 is 11.6 Å². The van der Waals surface area contributed by atoms with Gasteiger partial charge in [0, 0.05) is 10.6 Å². The number of amides is 1. The molecule has 1 amide bonds. The Labute approximate surface area is 158 Å². The van der Waals surface area contributed by atoms with Crippen molar-refractivity contribution in [2.75, 3.05) is 0 Å². The minimum absolute atomic E-state index is 0.0284. The van der Waals surface area contributed by atoms with Crippen LogP contribution in [-0.4, -0.2) is 21.2 Å². The number of halogens is 1. The lowest BCUT2D eigenvalue weighted by atomic mass is 9.53. The lowest BCUT2D eigenvalue weighted by molar-refractivity contribution is -0.0167. The standard InChI is InChI=1S/C21H24ClN3O/c1-13-19(12-23-25(13)18-4-2-17(22)3-5-18)20(26)24-21-9-14-6-15(10-21)8-16(7-14)11-21/h2-5,12,14-16H,6-11H2,1H3,(H,24,26). The summed E-state index contributed by atoms with van der Waals surface area (Å²) in [5.74, 6) is 2.49. The molecule has 1 aromatic carbocycles. The molecule has 0 spiro atoms. The van der Waals surface area contributed by atoms with Crippen molar-refractivity contribution in [1.29, 1.82) is 0 Å². The van der Waals surface area contributed by atoms with Crippen molar-refractivity contribution in [1.82, 2.24) is 15.1 Å². The number of hydrogen-bond acceptors (Lipinski definition) is 2.